The smallest absolute Gasteiger partial charge is 0.222 e. The first-order valence-electron chi connectivity index (χ1n) is 11.0. The molecule has 0 spiro atoms. The van der Waals surface area contributed by atoms with Crippen molar-refractivity contribution in [2.45, 2.75) is 0 Å². The van der Waals surface area contributed by atoms with Gasteiger partial charge in [0.1, 0.15) is 17.1 Å². The van der Waals surface area contributed by atoms with Crippen LogP contribution in [-0.4, -0.2) is 66.8 Å². The van der Waals surface area contributed by atoms with E-state index in [0.29, 0.717) is 22.5 Å². The average Bonchev–Trinajstić information content (AvgIpc) is 3.32. The lowest BCUT2D eigenvalue weighted by Gasteiger charge is -2.37. The van der Waals surface area contributed by atoms with Crippen LogP contribution in [0, 0.1) is 0 Å². The maximum atomic E-state index is 6.37. The van der Waals surface area contributed by atoms with Crippen LogP contribution in [0.1, 0.15) is 0 Å². The molecule has 1 N–H and O–H groups in total. The minimum atomic E-state index is 0.514. The van der Waals surface area contributed by atoms with Crippen molar-refractivity contribution in [3.8, 4) is 22.8 Å². The third-order valence-electron chi connectivity index (χ3n) is 6.07. The maximum absolute atomic E-state index is 6.37. The molecule has 3 aromatic heterocycles. The molecule has 1 fully saturated rings. The standard InChI is InChI=1S/C24H26ClN7O2/c1-26-24-27-13-17(14-28-24)31-8-6-30(7-9-31)16-4-5-32-15-20(29-23(32)10-16)18-11-19(25)22(34-3)12-21(18)33-2/h4-5,10-15H,6-9H2,1-3H3,(H,26,27,28). The monoisotopic (exact) mass is 479 g/mol. The third kappa shape index (κ3) is 4.14. The van der Waals surface area contributed by atoms with Crippen LogP contribution in [-0.2, 0) is 0 Å². The van der Waals surface area contributed by atoms with Gasteiger partial charge in [0.05, 0.1) is 43.0 Å². The number of ether oxygens (including phenoxy) is 2. The van der Waals surface area contributed by atoms with Crippen LogP contribution in [0.25, 0.3) is 16.9 Å². The molecule has 10 heteroatoms. The number of imidazole rings is 1. The highest BCUT2D eigenvalue weighted by atomic mass is 35.5. The Hall–Kier alpha value is -3.72. The summed E-state index contributed by atoms with van der Waals surface area (Å²) in [6, 6.07) is 7.84. The van der Waals surface area contributed by atoms with Gasteiger partial charge in [-0.15, -0.1) is 0 Å². The topological polar surface area (TPSA) is 80.1 Å². The second-order valence-electron chi connectivity index (χ2n) is 7.95. The number of halogens is 1. The molecule has 0 amide bonds. The molecule has 34 heavy (non-hydrogen) atoms. The van der Waals surface area contributed by atoms with Crippen molar-refractivity contribution in [2.75, 3.05) is 62.6 Å². The lowest BCUT2D eigenvalue weighted by molar-refractivity contribution is 0.395. The Morgan fingerprint density at radius 2 is 1.59 bits per heavy atom. The van der Waals surface area contributed by atoms with Crippen LogP contribution in [0.2, 0.25) is 5.02 Å². The van der Waals surface area contributed by atoms with E-state index in [4.69, 9.17) is 26.1 Å². The second kappa shape index (κ2) is 9.26. The van der Waals surface area contributed by atoms with Gasteiger partial charge in [0.25, 0.3) is 0 Å². The average molecular weight is 480 g/mol. The predicted molar refractivity (Wildman–Crippen MR) is 135 cm³/mol. The number of piperazine rings is 1. The molecule has 0 radical (unpaired) electrons. The van der Waals surface area contributed by atoms with E-state index >= 15 is 0 Å². The van der Waals surface area contributed by atoms with Crippen molar-refractivity contribution in [3.63, 3.8) is 0 Å². The number of methoxy groups -OCH3 is 2. The minimum absolute atomic E-state index is 0.514. The zero-order valence-electron chi connectivity index (χ0n) is 19.3. The highest BCUT2D eigenvalue weighted by Gasteiger charge is 2.20. The Balaban J connectivity index is 1.35. The van der Waals surface area contributed by atoms with Gasteiger partial charge in [-0.2, -0.15) is 0 Å². The highest BCUT2D eigenvalue weighted by molar-refractivity contribution is 6.32. The lowest BCUT2D eigenvalue weighted by atomic mass is 10.1. The summed E-state index contributed by atoms with van der Waals surface area (Å²) < 4.78 is 12.9. The van der Waals surface area contributed by atoms with Gasteiger partial charge in [0, 0.05) is 69.0 Å². The first-order valence-corrected chi connectivity index (χ1v) is 11.4. The zero-order valence-corrected chi connectivity index (χ0v) is 20.1. The number of aromatic nitrogens is 4. The first kappa shape index (κ1) is 22.1. The van der Waals surface area contributed by atoms with Crippen LogP contribution < -0.4 is 24.6 Å². The van der Waals surface area contributed by atoms with Crippen molar-refractivity contribution < 1.29 is 9.47 Å². The van der Waals surface area contributed by atoms with E-state index in [1.807, 2.05) is 42.3 Å². The summed E-state index contributed by atoms with van der Waals surface area (Å²) in [5.74, 6) is 1.86. The van der Waals surface area contributed by atoms with Crippen molar-refractivity contribution in [1.29, 1.82) is 0 Å². The van der Waals surface area contributed by atoms with Gasteiger partial charge >= 0.3 is 0 Å². The third-order valence-corrected chi connectivity index (χ3v) is 6.36. The lowest BCUT2D eigenvalue weighted by Crippen LogP contribution is -2.46. The van der Waals surface area contributed by atoms with E-state index in [-0.39, 0.29) is 0 Å². The van der Waals surface area contributed by atoms with Crippen molar-refractivity contribution in [2.24, 2.45) is 0 Å². The Morgan fingerprint density at radius 1 is 0.912 bits per heavy atom. The Bertz CT molecular complexity index is 1300. The normalized spacial score (nSPS) is 13.9. The van der Waals surface area contributed by atoms with E-state index in [1.54, 1.807) is 20.3 Å². The zero-order chi connectivity index (χ0) is 23.7. The number of anilines is 3. The maximum Gasteiger partial charge on any atom is 0.222 e. The number of hydrogen-bond donors (Lipinski definition) is 1. The molecule has 4 aromatic rings. The molecule has 176 valence electrons. The number of nitrogens with zero attached hydrogens (tertiary/aromatic N) is 6. The number of rotatable bonds is 6. The molecule has 0 atom stereocenters. The molecule has 1 aromatic carbocycles. The molecular weight excluding hydrogens is 454 g/mol. The van der Waals surface area contributed by atoms with Gasteiger partial charge in [-0.1, -0.05) is 11.6 Å². The fraction of sp³-hybridized carbons (Fsp3) is 0.292. The first-order chi connectivity index (χ1) is 16.6. The highest BCUT2D eigenvalue weighted by Crippen LogP contribution is 2.38. The summed E-state index contributed by atoms with van der Waals surface area (Å²) in [7, 11) is 5.02. The molecule has 0 aliphatic carbocycles. The fourth-order valence-electron chi connectivity index (χ4n) is 4.19. The summed E-state index contributed by atoms with van der Waals surface area (Å²) >= 11 is 6.37. The van der Waals surface area contributed by atoms with Crippen molar-refractivity contribution in [3.05, 3.63) is 54.1 Å². The van der Waals surface area contributed by atoms with E-state index in [9.17, 15) is 0 Å². The van der Waals surface area contributed by atoms with E-state index < -0.39 is 0 Å². The number of pyridine rings is 1. The predicted octanol–water partition coefficient (Wildman–Crippen LogP) is 3.83. The fourth-order valence-corrected chi connectivity index (χ4v) is 4.44. The largest absolute Gasteiger partial charge is 0.496 e. The van der Waals surface area contributed by atoms with Crippen LogP contribution in [0.4, 0.5) is 17.3 Å². The number of fused-ring (bicyclic) bond motifs is 1. The molecule has 5 rings (SSSR count). The van der Waals surface area contributed by atoms with Gasteiger partial charge in [0.15, 0.2) is 0 Å². The summed E-state index contributed by atoms with van der Waals surface area (Å²) in [6.45, 7) is 3.60. The summed E-state index contributed by atoms with van der Waals surface area (Å²) in [5.41, 5.74) is 4.65. The van der Waals surface area contributed by atoms with Crippen LogP contribution >= 0.6 is 11.6 Å². The second-order valence-corrected chi connectivity index (χ2v) is 8.36. The van der Waals surface area contributed by atoms with Crippen LogP contribution in [0.15, 0.2) is 49.1 Å². The number of hydrogen-bond acceptors (Lipinski definition) is 8. The molecule has 4 heterocycles. The molecule has 9 nitrogen and oxygen atoms in total. The molecule has 1 aliphatic rings. The van der Waals surface area contributed by atoms with Gasteiger partial charge in [-0.05, 0) is 12.1 Å². The Morgan fingerprint density at radius 3 is 2.24 bits per heavy atom. The molecule has 1 aliphatic heterocycles. The summed E-state index contributed by atoms with van der Waals surface area (Å²) in [5, 5.41) is 3.46. The molecule has 1 saturated heterocycles. The van der Waals surface area contributed by atoms with E-state index in [2.05, 4.69) is 37.2 Å². The number of benzene rings is 1. The van der Waals surface area contributed by atoms with Crippen LogP contribution in [0.3, 0.4) is 0 Å². The Kier molecular flexibility index (Phi) is 6.02. The van der Waals surface area contributed by atoms with Crippen molar-refractivity contribution >= 4 is 34.6 Å². The quantitative estimate of drug-likeness (QED) is 0.447. The van der Waals surface area contributed by atoms with E-state index in [1.165, 1.54) is 0 Å². The van der Waals surface area contributed by atoms with Gasteiger partial charge in [-0.25, -0.2) is 15.0 Å². The van der Waals surface area contributed by atoms with E-state index in [0.717, 1.165) is 54.5 Å². The molecule has 0 unspecified atom stereocenters. The Labute approximate surface area is 202 Å². The van der Waals surface area contributed by atoms with Gasteiger partial charge in [0.2, 0.25) is 5.95 Å². The SMILES string of the molecule is CNc1ncc(N2CCN(c3ccn4cc(-c5cc(Cl)c(OC)cc5OC)nc4c3)CC2)cn1. The van der Waals surface area contributed by atoms with Gasteiger partial charge in [-0.3, -0.25) is 0 Å². The minimum Gasteiger partial charge on any atom is -0.496 e. The molecular formula is C24H26ClN7O2. The molecule has 0 saturated carbocycles. The van der Waals surface area contributed by atoms with Crippen LogP contribution in [0.5, 0.6) is 11.5 Å². The van der Waals surface area contributed by atoms with Crippen molar-refractivity contribution in [1.82, 2.24) is 19.4 Å². The molecule has 0 bridgehead atoms. The van der Waals surface area contributed by atoms with Gasteiger partial charge < -0.3 is 29.0 Å². The summed E-state index contributed by atoms with van der Waals surface area (Å²) in [4.78, 5) is 18.2. The summed E-state index contributed by atoms with van der Waals surface area (Å²) in [6.07, 6.45) is 7.75. The number of nitrogens with one attached hydrogen (secondary N) is 1.